The van der Waals surface area contributed by atoms with E-state index < -0.39 is 4.92 Å². The molecule has 4 nitrogen and oxygen atoms in total. The van der Waals surface area contributed by atoms with Crippen LogP contribution in [0.3, 0.4) is 0 Å². The van der Waals surface area contributed by atoms with Crippen molar-refractivity contribution < 1.29 is 9.66 Å². The van der Waals surface area contributed by atoms with E-state index in [0.717, 1.165) is 12.8 Å². The summed E-state index contributed by atoms with van der Waals surface area (Å²) in [6.45, 7) is 0.684. The third kappa shape index (κ3) is 4.11. The van der Waals surface area contributed by atoms with E-state index in [1.165, 1.54) is 12.1 Å². The standard InChI is InChI=1S/C12H13NO3/c1-16-9-4-2-3-6-11-7-5-8-12(10-11)13(14)15/h5,7-8,10H,2,4,9H2,1H3. The molecule has 84 valence electrons. The van der Waals surface area contributed by atoms with Gasteiger partial charge in [0.1, 0.15) is 0 Å². The minimum absolute atomic E-state index is 0.0729. The summed E-state index contributed by atoms with van der Waals surface area (Å²) in [4.78, 5) is 10.1. The Balaban J connectivity index is 2.59. The van der Waals surface area contributed by atoms with Crippen LogP contribution in [0, 0.1) is 22.0 Å². The molecular weight excluding hydrogens is 206 g/mol. The molecule has 0 bridgehead atoms. The number of ether oxygens (including phenoxy) is 1. The molecule has 4 heteroatoms. The van der Waals surface area contributed by atoms with E-state index in [1.54, 1.807) is 19.2 Å². The predicted octanol–water partition coefficient (Wildman–Crippen LogP) is 2.37. The molecule has 0 amide bonds. The fraction of sp³-hybridized carbons (Fsp3) is 0.333. The highest BCUT2D eigenvalue weighted by molar-refractivity contribution is 5.42. The van der Waals surface area contributed by atoms with Gasteiger partial charge in [0.05, 0.1) is 4.92 Å². The summed E-state index contributed by atoms with van der Waals surface area (Å²) in [5.41, 5.74) is 0.746. The smallest absolute Gasteiger partial charge is 0.270 e. The third-order valence-electron chi connectivity index (χ3n) is 1.94. The third-order valence-corrected chi connectivity index (χ3v) is 1.94. The number of unbranched alkanes of at least 4 members (excludes halogenated alkanes) is 1. The lowest BCUT2D eigenvalue weighted by Crippen LogP contribution is -1.88. The molecular formula is C12H13NO3. The van der Waals surface area contributed by atoms with Crippen LogP contribution in [-0.4, -0.2) is 18.6 Å². The average Bonchev–Trinajstić information content (AvgIpc) is 2.29. The van der Waals surface area contributed by atoms with Gasteiger partial charge in [-0.15, -0.1) is 0 Å². The molecule has 0 N–H and O–H groups in total. The molecule has 0 atom stereocenters. The van der Waals surface area contributed by atoms with Gasteiger partial charge in [0.25, 0.3) is 5.69 Å². The van der Waals surface area contributed by atoms with E-state index in [-0.39, 0.29) is 5.69 Å². The van der Waals surface area contributed by atoms with Crippen molar-refractivity contribution in [2.45, 2.75) is 12.8 Å². The number of nitro groups is 1. The SMILES string of the molecule is COCCCC#Cc1cccc([N+](=O)[O-])c1. The van der Waals surface area contributed by atoms with Gasteiger partial charge >= 0.3 is 0 Å². The van der Waals surface area contributed by atoms with Crippen molar-refractivity contribution in [2.24, 2.45) is 0 Å². The minimum atomic E-state index is -0.421. The fourth-order valence-corrected chi connectivity index (χ4v) is 1.17. The van der Waals surface area contributed by atoms with Crippen LogP contribution in [0.4, 0.5) is 5.69 Å². The molecule has 1 rings (SSSR count). The molecule has 0 aliphatic carbocycles. The van der Waals surface area contributed by atoms with Crippen LogP contribution in [0.1, 0.15) is 18.4 Å². The first-order chi connectivity index (χ1) is 7.74. The molecule has 0 aliphatic heterocycles. The van der Waals surface area contributed by atoms with Gasteiger partial charge in [-0.05, 0) is 12.5 Å². The number of benzene rings is 1. The molecule has 0 fully saturated rings. The lowest BCUT2D eigenvalue weighted by Gasteiger charge is -1.92. The zero-order chi connectivity index (χ0) is 11.8. The quantitative estimate of drug-likeness (QED) is 0.338. The summed E-state index contributed by atoms with van der Waals surface area (Å²) >= 11 is 0. The predicted molar refractivity (Wildman–Crippen MR) is 61.1 cm³/mol. The lowest BCUT2D eigenvalue weighted by molar-refractivity contribution is -0.384. The van der Waals surface area contributed by atoms with Gasteiger partial charge in [-0.1, -0.05) is 17.9 Å². The number of nitrogens with zero attached hydrogens (tertiary/aromatic N) is 1. The molecule has 0 spiro atoms. The monoisotopic (exact) mass is 219 g/mol. The second kappa shape index (κ2) is 6.59. The average molecular weight is 219 g/mol. The van der Waals surface area contributed by atoms with Gasteiger partial charge in [0.15, 0.2) is 0 Å². The van der Waals surface area contributed by atoms with Crippen LogP contribution in [0.25, 0.3) is 0 Å². The Morgan fingerprint density at radius 2 is 2.31 bits per heavy atom. The zero-order valence-electron chi connectivity index (χ0n) is 9.10. The molecule has 16 heavy (non-hydrogen) atoms. The summed E-state index contributed by atoms with van der Waals surface area (Å²) in [6, 6.07) is 6.33. The number of methoxy groups -OCH3 is 1. The van der Waals surface area contributed by atoms with Gasteiger partial charge < -0.3 is 4.74 Å². The number of rotatable bonds is 4. The summed E-state index contributed by atoms with van der Waals surface area (Å²) < 4.78 is 4.89. The van der Waals surface area contributed by atoms with Gasteiger partial charge in [0, 0.05) is 37.8 Å². The van der Waals surface area contributed by atoms with Gasteiger partial charge in [-0.2, -0.15) is 0 Å². The van der Waals surface area contributed by atoms with E-state index in [1.807, 2.05) is 0 Å². The largest absolute Gasteiger partial charge is 0.385 e. The van der Waals surface area contributed by atoms with E-state index in [4.69, 9.17) is 4.74 Å². The fourth-order valence-electron chi connectivity index (χ4n) is 1.17. The minimum Gasteiger partial charge on any atom is -0.385 e. The summed E-state index contributed by atoms with van der Waals surface area (Å²) in [6.07, 6.45) is 1.61. The lowest BCUT2D eigenvalue weighted by atomic mass is 10.2. The number of hydrogen-bond donors (Lipinski definition) is 0. The number of hydrogen-bond acceptors (Lipinski definition) is 3. The van der Waals surface area contributed by atoms with Crippen LogP contribution >= 0.6 is 0 Å². The van der Waals surface area contributed by atoms with Crippen molar-refractivity contribution >= 4 is 5.69 Å². The van der Waals surface area contributed by atoms with E-state index in [0.29, 0.717) is 12.2 Å². The summed E-state index contributed by atoms with van der Waals surface area (Å²) in [7, 11) is 1.65. The van der Waals surface area contributed by atoms with Crippen molar-refractivity contribution in [1.29, 1.82) is 0 Å². The highest BCUT2D eigenvalue weighted by atomic mass is 16.6. The second-order valence-electron chi connectivity index (χ2n) is 3.21. The summed E-state index contributed by atoms with van der Waals surface area (Å²) in [5, 5.41) is 10.5. The van der Waals surface area contributed by atoms with Gasteiger partial charge in [-0.25, -0.2) is 0 Å². The maximum atomic E-state index is 10.5. The first-order valence-corrected chi connectivity index (χ1v) is 4.96. The van der Waals surface area contributed by atoms with Crippen LogP contribution < -0.4 is 0 Å². The Labute approximate surface area is 94.4 Å². The normalized spacial score (nSPS) is 9.31. The Kier molecular flexibility index (Phi) is 5.03. The molecule has 1 aromatic carbocycles. The van der Waals surface area contributed by atoms with Gasteiger partial charge in [-0.3, -0.25) is 10.1 Å². The number of nitro benzene ring substituents is 1. The highest BCUT2D eigenvalue weighted by Crippen LogP contribution is 2.11. The Morgan fingerprint density at radius 3 is 3.00 bits per heavy atom. The maximum absolute atomic E-state index is 10.5. The second-order valence-corrected chi connectivity index (χ2v) is 3.21. The van der Waals surface area contributed by atoms with Crippen LogP contribution in [0.2, 0.25) is 0 Å². The highest BCUT2D eigenvalue weighted by Gasteiger charge is 2.03. The van der Waals surface area contributed by atoms with Crippen LogP contribution in [-0.2, 0) is 4.74 Å². The topological polar surface area (TPSA) is 52.4 Å². The molecule has 0 saturated carbocycles. The molecule has 0 radical (unpaired) electrons. The van der Waals surface area contributed by atoms with Crippen LogP contribution in [0.5, 0.6) is 0 Å². The van der Waals surface area contributed by atoms with Gasteiger partial charge in [0.2, 0.25) is 0 Å². The van der Waals surface area contributed by atoms with Crippen molar-refractivity contribution in [1.82, 2.24) is 0 Å². The molecule has 0 saturated heterocycles. The zero-order valence-corrected chi connectivity index (χ0v) is 9.10. The Bertz CT molecular complexity index is 418. The molecule has 1 aromatic rings. The Morgan fingerprint density at radius 1 is 1.50 bits per heavy atom. The summed E-state index contributed by atoms with van der Waals surface area (Å²) in [5.74, 6) is 5.84. The van der Waals surface area contributed by atoms with Crippen molar-refractivity contribution in [2.75, 3.05) is 13.7 Å². The molecule has 0 aromatic heterocycles. The first-order valence-electron chi connectivity index (χ1n) is 4.96. The maximum Gasteiger partial charge on any atom is 0.270 e. The van der Waals surface area contributed by atoms with Crippen molar-refractivity contribution in [3.05, 3.63) is 39.9 Å². The van der Waals surface area contributed by atoms with E-state index >= 15 is 0 Å². The van der Waals surface area contributed by atoms with E-state index in [9.17, 15) is 10.1 Å². The molecule has 0 aliphatic rings. The van der Waals surface area contributed by atoms with Crippen molar-refractivity contribution in [3.8, 4) is 11.8 Å². The molecule has 0 unspecified atom stereocenters. The van der Waals surface area contributed by atoms with Crippen LogP contribution in [0.15, 0.2) is 24.3 Å². The first kappa shape index (κ1) is 12.2. The molecule has 0 heterocycles. The van der Waals surface area contributed by atoms with E-state index in [2.05, 4.69) is 11.8 Å². The number of non-ortho nitro benzene ring substituents is 1. The van der Waals surface area contributed by atoms with Crippen molar-refractivity contribution in [3.63, 3.8) is 0 Å². The Hall–Kier alpha value is -1.86.